The van der Waals surface area contributed by atoms with Crippen LogP contribution < -0.4 is 5.32 Å². The first-order valence-corrected chi connectivity index (χ1v) is 9.42. The van der Waals surface area contributed by atoms with Crippen LogP contribution in [0.1, 0.15) is 35.2 Å². The van der Waals surface area contributed by atoms with Crippen LogP contribution in [0, 0.1) is 11.3 Å². The predicted octanol–water partition coefficient (Wildman–Crippen LogP) is 2.95. The van der Waals surface area contributed by atoms with Gasteiger partial charge in [0.1, 0.15) is 0 Å². The molecular formula is C18H20N2O2S. The number of benzene rings is 2. The molecule has 0 aliphatic rings. The summed E-state index contributed by atoms with van der Waals surface area (Å²) in [6.07, 6.45) is 1.24. The third kappa shape index (κ3) is 5.51. The molecular weight excluding hydrogens is 308 g/mol. The number of hydrogen-bond donors (Lipinski definition) is 1. The first-order chi connectivity index (χ1) is 10.9. The second-order valence-corrected chi connectivity index (χ2v) is 7.87. The van der Waals surface area contributed by atoms with E-state index >= 15 is 0 Å². The molecule has 0 amide bonds. The normalized spacial score (nSPS) is 12.6. The van der Waals surface area contributed by atoms with Crippen molar-refractivity contribution in [3.8, 4) is 6.07 Å². The molecule has 0 saturated heterocycles. The molecule has 1 N–H and O–H groups in total. The van der Waals surface area contributed by atoms with Crippen LogP contribution in [0.3, 0.4) is 0 Å². The summed E-state index contributed by atoms with van der Waals surface area (Å²) in [5.41, 5.74) is 3.61. The second-order valence-electron chi connectivity index (χ2n) is 5.73. The van der Waals surface area contributed by atoms with Gasteiger partial charge in [0.25, 0.3) is 0 Å². The van der Waals surface area contributed by atoms with E-state index in [0.717, 1.165) is 16.7 Å². The standard InChI is InChI=1S/C18H20N2O2S/c1-14(18-5-3-4-17(10-18)11-19)20-12-15-6-8-16(9-7-15)13-23(2,21)22/h3-10,14,20H,12-13H2,1-2H3/t14-/m1/s1. The lowest BCUT2D eigenvalue weighted by molar-refractivity contribution is 0.574. The Morgan fingerprint density at radius 3 is 2.39 bits per heavy atom. The molecule has 0 heterocycles. The van der Waals surface area contributed by atoms with Crippen LogP contribution in [0.25, 0.3) is 0 Å². The van der Waals surface area contributed by atoms with Crippen molar-refractivity contribution in [2.45, 2.75) is 25.3 Å². The number of nitriles is 1. The van der Waals surface area contributed by atoms with Gasteiger partial charge in [-0.1, -0.05) is 36.4 Å². The second kappa shape index (κ2) is 7.40. The molecule has 5 heteroatoms. The van der Waals surface area contributed by atoms with Crippen LogP contribution in [0.4, 0.5) is 0 Å². The van der Waals surface area contributed by atoms with E-state index in [2.05, 4.69) is 18.3 Å². The van der Waals surface area contributed by atoms with Crippen LogP contribution in [0.2, 0.25) is 0 Å². The van der Waals surface area contributed by atoms with Crippen molar-refractivity contribution in [2.24, 2.45) is 0 Å². The topological polar surface area (TPSA) is 70.0 Å². The van der Waals surface area contributed by atoms with E-state index in [4.69, 9.17) is 5.26 Å². The van der Waals surface area contributed by atoms with E-state index in [1.165, 1.54) is 6.26 Å². The van der Waals surface area contributed by atoms with Crippen molar-refractivity contribution >= 4 is 9.84 Å². The number of hydrogen-bond acceptors (Lipinski definition) is 4. The maximum atomic E-state index is 11.3. The molecule has 23 heavy (non-hydrogen) atoms. The zero-order valence-corrected chi connectivity index (χ0v) is 14.1. The molecule has 1 atom stereocenters. The summed E-state index contributed by atoms with van der Waals surface area (Å²) in [5.74, 6) is 0.0675. The number of sulfone groups is 1. The fraction of sp³-hybridized carbons (Fsp3) is 0.278. The first-order valence-electron chi connectivity index (χ1n) is 7.36. The van der Waals surface area contributed by atoms with Crippen molar-refractivity contribution in [3.63, 3.8) is 0 Å². The molecule has 2 rings (SSSR count). The Labute approximate surface area is 137 Å². The van der Waals surface area contributed by atoms with E-state index in [1.807, 2.05) is 42.5 Å². The monoisotopic (exact) mass is 328 g/mol. The van der Waals surface area contributed by atoms with E-state index < -0.39 is 9.84 Å². The highest BCUT2D eigenvalue weighted by molar-refractivity contribution is 7.89. The molecule has 0 fully saturated rings. The van der Waals surface area contributed by atoms with Gasteiger partial charge in [-0.2, -0.15) is 5.26 Å². The molecule has 0 bridgehead atoms. The molecule has 2 aromatic rings. The van der Waals surface area contributed by atoms with Gasteiger partial charge in [0.15, 0.2) is 9.84 Å². The summed E-state index contributed by atoms with van der Waals surface area (Å²) in [7, 11) is -3.00. The molecule has 120 valence electrons. The highest BCUT2D eigenvalue weighted by atomic mass is 32.2. The van der Waals surface area contributed by atoms with Crippen molar-refractivity contribution < 1.29 is 8.42 Å². The van der Waals surface area contributed by atoms with Gasteiger partial charge >= 0.3 is 0 Å². The molecule has 0 radical (unpaired) electrons. The van der Waals surface area contributed by atoms with E-state index in [-0.39, 0.29) is 11.8 Å². The molecule has 0 aromatic heterocycles. The molecule has 2 aromatic carbocycles. The molecule has 0 spiro atoms. The molecule has 4 nitrogen and oxygen atoms in total. The molecule has 0 unspecified atom stereocenters. The van der Waals surface area contributed by atoms with Crippen molar-refractivity contribution in [3.05, 3.63) is 70.8 Å². The summed E-state index contributed by atoms with van der Waals surface area (Å²) in [4.78, 5) is 0. The lowest BCUT2D eigenvalue weighted by atomic mass is 10.1. The largest absolute Gasteiger partial charge is 0.306 e. The lowest BCUT2D eigenvalue weighted by Crippen LogP contribution is -2.18. The number of nitrogens with zero attached hydrogens (tertiary/aromatic N) is 1. The highest BCUT2D eigenvalue weighted by Crippen LogP contribution is 2.15. The Morgan fingerprint density at radius 2 is 1.78 bits per heavy atom. The van der Waals surface area contributed by atoms with Crippen LogP contribution in [-0.4, -0.2) is 14.7 Å². The van der Waals surface area contributed by atoms with Gasteiger partial charge in [0, 0.05) is 18.8 Å². The predicted molar refractivity (Wildman–Crippen MR) is 91.4 cm³/mol. The van der Waals surface area contributed by atoms with Gasteiger partial charge in [-0.3, -0.25) is 0 Å². The van der Waals surface area contributed by atoms with E-state index in [1.54, 1.807) is 6.07 Å². The van der Waals surface area contributed by atoms with Gasteiger partial charge in [-0.15, -0.1) is 0 Å². The minimum Gasteiger partial charge on any atom is -0.306 e. The average molecular weight is 328 g/mol. The Morgan fingerprint density at radius 1 is 1.13 bits per heavy atom. The van der Waals surface area contributed by atoms with Crippen LogP contribution in [-0.2, 0) is 22.1 Å². The third-order valence-electron chi connectivity index (χ3n) is 3.58. The van der Waals surface area contributed by atoms with Gasteiger partial charge in [-0.05, 0) is 35.7 Å². The van der Waals surface area contributed by atoms with Crippen molar-refractivity contribution in [2.75, 3.05) is 6.26 Å². The Hall–Kier alpha value is -2.16. The minimum absolute atomic E-state index is 0.0675. The summed E-state index contributed by atoms with van der Waals surface area (Å²) in [5, 5.41) is 12.4. The SMILES string of the molecule is C[C@@H](NCc1ccc(CS(C)(=O)=O)cc1)c1cccc(C#N)c1. The third-order valence-corrected chi connectivity index (χ3v) is 4.44. The van der Waals surface area contributed by atoms with E-state index in [9.17, 15) is 8.42 Å². The summed E-state index contributed by atoms with van der Waals surface area (Å²) < 4.78 is 22.5. The summed E-state index contributed by atoms with van der Waals surface area (Å²) >= 11 is 0. The Kier molecular flexibility index (Phi) is 5.54. The minimum atomic E-state index is -3.00. The summed E-state index contributed by atoms with van der Waals surface area (Å²) in [6, 6.07) is 17.4. The smallest absolute Gasteiger partial charge is 0.151 e. The van der Waals surface area contributed by atoms with Crippen LogP contribution in [0.5, 0.6) is 0 Å². The molecule has 0 aliphatic heterocycles. The maximum absolute atomic E-state index is 11.3. The van der Waals surface area contributed by atoms with Crippen molar-refractivity contribution in [1.82, 2.24) is 5.32 Å². The highest BCUT2D eigenvalue weighted by Gasteiger charge is 2.07. The van der Waals surface area contributed by atoms with E-state index in [0.29, 0.717) is 12.1 Å². The Balaban J connectivity index is 1.96. The first kappa shape index (κ1) is 17.2. The average Bonchev–Trinajstić information content (AvgIpc) is 2.52. The van der Waals surface area contributed by atoms with Gasteiger partial charge < -0.3 is 5.32 Å². The fourth-order valence-corrected chi connectivity index (χ4v) is 3.12. The van der Waals surface area contributed by atoms with Gasteiger partial charge in [-0.25, -0.2) is 8.42 Å². The maximum Gasteiger partial charge on any atom is 0.151 e. The van der Waals surface area contributed by atoms with Crippen molar-refractivity contribution in [1.29, 1.82) is 5.26 Å². The van der Waals surface area contributed by atoms with Gasteiger partial charge in [0.2, 0.25) is 0 Å². The fourth-order valence-electron chi connectivity index (χ4n) is 2.32. The van der Waals surface area contributed by atoms with Crippen LogP contribution in [0.15, 0.2) is 48.5 Å². The molecule has 0 saturated carbocycles. The zero-order valence-electron chi connectivity index (χ0n) is 13.3. The zero-order chi connectivity index (χ0) is 16.9. The Bertz CT molecular complexity index is 806. The quantitative estimate of drug-likeness (QED) is 0.885. The van der Waals surface area contributed by atoms with Gasteiger partial charge in [0.05, 0.1) is 17.4 Å². The lowest BCUT2D eigenvalue weighted by Gasteiger charge is -2.14. The summed E-state index contributed by atoms with van der Waals surface area (Å²) in [6.45, 7) is 2.73. The van der Waals surface area contributed by atoms with Crippen LogP contribution >= 0.6 is 0 Å². The molecule has 0 aliphatic carbocycles. The number of rotatable bonds is 6. The number of nitrogens with one attached hydrogen (secondary N) is 1.